The summed E-state index contributed by atoms with van der Waals surface area (Å²) in [6.45, 7) is 6.79. The van der Waals surface area contributed by atoms with Crippen LogP contribution in [-0.4, -0.2) is 46.2 Å². The van der Waals surface area contributed by atoms with Gasteiger partial charge in [0.15, 0.2) is 5.82 Å². The van der Waals surface area contributed by atoms with Gasteiger partial charge in [-0.3, -0.25) is 4.90 Å². The molecule has 1 aliphatic heterocycles. The van der Waals surface area contributed by atoms with E-state index >= 15 is 0 Å². The molecule has 7 heteroatoms. The van der Waals surface area contributed by atoms with Crippen LogP contribution in [0.1, 0.15) is 11.3 Å². The molecule has 1 aliphatic rings. The summed E-state index contributed by atoms with van der Waals surface area (Å²) in [4.78, 5) is 13.5. The van der Waals surface area contributed by atoms with Crippen LogP contribution in [0.25, 0.3) is 0 Å². The molecule has 3 aromatic rings. The Morgan fingerprint density at radius 3 is 2.54 bits per heavy atom. The zero-order valence-corrected chi connectivity index (χ0v) is 14.8. The molecule has 0 saturated carbocycles. The minimum Gasteiger partial charge on any atom is -0.360 e. The topological polar surface area (TPSA) is 70.3 Å². The van der Waals surface area contributed by atoms with Crippen molar-refractivity contribution >= 4 is 17.5 Å². The fourth-order valence-corrected chi connectivity index (χ4v) is 3.12. The third-order valence-electron chi connectivity index (χ3n) is 4.48. The lowest BCUT2D eigenvalue weighted by atomic mass is 10.2. The van der Waals surface area contributed by atoms with Crippen LogP contribution in [0.15, 0.2) is 53.3 Å². The van der Waals surface area contributed by atoms with Crippen molar-refractivity contribution in [3.8, 4) is 0 Å². The van der Waals surface area contributed by atoms with Gasteiger partial charge in [0, 0.05) is 44.9 Å². The molecule has 0 bridgehead atoms. The first-order valence-electron chi connectivity index (χ1n) is 8.80. The maximum Gasteiger partial charge on any atom is 0.175 e. The van der Waals surface area contributed by atoms with Gasteiger partial charge in [0.1, 0.15) is 23.7 Å². The lowest BCUT2D eigenvalue weighted by Crippen LogP contribution is -2.46. The van der Waals surface area contributed by atoms with E-state index < -0.39 is 0 Å². The second-order valence-corrected chi connectivity index (χ2v) is 6.46. The van der Waals surface area contributed by atoms with E-state index in [1.165, 1.54) is 5.56 Å². The number of nitrogens with one attached hydrogen (secondary N) is 1. The van der Waals surface area contributed by atoms with E-state index in [0.29, 0.717) is 5.82 Å². The predicted octanol–water partition coefficient (Wildman–Crippen LogP) is 2.84. The van der Waals surface area contributed by atoms with Gasteiger partial charge in [0.2, 0.25) is 0 Å². The molecule has 3 heterocycles. The SMILES string of the molecule is Cc1cc(Nc2cc(N3CCN(Cc4ccccc4)CC3)ncn2)no1. The van der Waals surface area contributed by atoms with Gasteiger partial charge < -0.3 is 14.7 Å². The summed E-state index contributed by atoms with van der Waals surface area (Å²) in [7, 11) is 0. The number of nitrogens with zero attached hydrogens (tertiary/aromatic N) is 5. The Labute approximate surface area is 152 Å². The fourth-order valence-electron chi connectivity index (χ4n) is 3.12. The van der Waals surface area contributed by atoms with Crippen molar-refractivity contribution in [3.05, 3.63) is 60.1 Å². The number of anilines is 3. The van der Waals surface area contributed by atoms with Crippen molar-refractivity contribution in [1.82, 2.24) is 20.0 Å². The van der Waals surface area contributed by atoms with Gasteiger partial charge in [-0.2, -0.15) is 0 Å². The zero-order chi connectivity index (χ0) is 17.8. The smallest absolute Gasteiger partial charge is 0.175 e. The molecule has 2 aromatic heterocycles. The van der Waals surface area contributed by atoms with Crippen LogP contribution < -0.4 is 10.2 Å². The summed E-state index contributed by atoms with van der Waals surface area (Å²) in [6.07, 6.45) is 1.58. The van der Waals surface area contributed by atoms with Crippen LogP contribution in [0, 0.1) is 6.92 Å². The van der Waals surface area contributed by atoms with Crippen LogP contribution in [0.2, 0.25) is 0 Å². The molecule has 0 aliphatic carbocycles. The van der Waals surface area contributed by atoms with Crippen LogP contribution in [0.5, 0.6) is 0 Å². The highest BCUT2D eigenvalue weighted by Gasteiger charge is 2.18. The van der Waals surface area contributed by atoms with Crippen LogP contribution in [0.4, 0.5) is 17.5 Å². The molecule has 0 atom stereocenters. The lowest BCUT2D eigenvalue weighted by molar-refractivity contribution is 0.249. The Morgan fingerprint density at radius 2 is 1.81 bits per heavy atom. The van der Waals surface area contributed by atoms with Gasteiger partial charge in [-0.1, -0.05) is 35.5 Å². The van der Waals surface area contributed by atoms with Gasteiger partial charge in [-0.05, 0) is 12.5 Å². The summed E-state index contributed by atoms with van der Waals surface area (Å²) < 4.78 is 5.07. The van der Waals surface area contributed by atoms with Crippen molar-refractivity contribution in [1.29, 1.82) is 0 Å². The van der Waals surface area contributed by atoms with E-state index in [0.717, 1.165) is 50.1 Å². The van der Waals surface area contributed by atoms with Gasteiger partial charge in [0.05, 0.1) is 0 Å². The van der Waals surface area contributed by atoms with Crippen molar-refractivity contribution in [2.24, 2.45) is 0 Å². The van der Waals surface area contributed by atoms with E-state index in [4.69, 9.17) is 4.52 Å². The molecule has 134 valence electrons. The highest BCUT2D eigenvalue weighted by atomic mass is 16.5. The van der Waals surface area contributed by atoms with Crippen molar-refractivity contribution < 1.29 is 4.52 Å². The number of rotatable bonds is 5. The number of piperazine rings is 1. The highest BCUT2D eigenvalue weighted by molar-refractivity contribution is 5.56. The molecule has 0 amide bonds. The molecular formula is C19H22N6O. The molecular weight excluding hydrogens is 328 g/mol. The van der Waals surface area contributed by atoms with E-state index in [2.05, 4.69) is 60.6 Å². The van der Waals surface area contributed by atoms with E-state index in [1.807, 2.05) is 19.1 Å². The Morgan fingerprint density at radius 1 is 1.00 bits per heavy atom. The maximum atomic E-state index is 5.07. The Hall–Kier alpha value is -2.93. The largest absolute Gasteiger partial charge is 0.360 e. The van der Waals surface area contributed by atoms with E-state index in [-0.39, 0.29) is 0 Å². The molecule has 1 saturated heterocycles. The summed E-state index contributed by atoms with van der Waals surface area (Å²) in [5.41, 5.74) is 1.36. The number of benzene rings is 1. The first-order valence-corrected chi connectivity index (χ1v) is 8.80. The monoisotopic (exact) mass is 350 g/mol. The number of hydrogen-bond donors (Lipinski definition) is 1. The first-order chi connectivity index (χ1) is 12.8. The Bertz CT molecular complexity index is 842. The predicted molar refractivity (Wildman–Crippen MR) is 100 cm³/mol. The number of aryl methyl sites for hydroxylation is 1. The minimum absolute atomic E-state index is 0.653. The summed E-state index contributed by atoms with van der Waals surface area (Å²) >= 11 is 0. The minimum atomic E-state index is 0.653. The quantitative estimate of drug-likeness (QED) is 0.759. The summed E-state index contributed by atoms with van der Waals surface area (Å²) in [6, 6.07) is 14.4. The second-order valence-electron chi connectivity index (χ2n) is 6.46. The first kappa shape index (κ1) is 16.5. The van der Waals surface area contributed by atoms with Crippen molar-refractivity contribution in [3.63, 3.8) is 0 Å². The normalized spacial score (nSPS) is 15.2. The zero-order valence-electron chi connectivity index (χ0n) is 14.8. The second kappa shape index (κ2) is 7.53. The average molecular weight is 350 g/mol. The van der Waals surface area contributed by atoms with Gasteiger partial charge >= 0.3 is 0 Å². The summed E-state index contributed by atoms with van der Waals surface area (Å²) in [5, 5.41) is 7.09. The molecule has 0 radical (unpaired) electrons. The Balaban J connectivity index is 1.36. The van der Waals surface area contributed by atoms with Crippen molar-refractivity contribution in [2.45, 2.75) is 13.5 Å². The standard InChI is InChI=1S/C19H22N6O/c1-15-11-18(23-26-15)22-17-12-19(21-14-20-17)25-9-7-24(8-10-25)13-16-5-3-2-4-6-16/h2-6,11-12,14H,7-10,13H2,1H3,(H,20,21,22,23). The third-order valence-corrected chi connectivity index (χ3v) is 4.48. The van der Waals surface area contributed by atoms with Gasteiger partial charge in [-0.15, -0.1) is 0 Å². The van der Waals surface area contributed by atoms with Crippen LogP contribution in [-0.2, 0) is 6.54 Å². The molecule has 0 spiro atoms. The molecule has 4 rings (SSSR count). The van der Waals surface area contributed by atoms with Crippen LogP contribution in [0.3, 0.4) is 0 Å². The molecule has 1 N–H and O–H groups in total. The van der Waals surface area contributed by atoms with E-state index in [9.17, 15) is 0 Å². The molecule has 7 nitrogen and oxygen atoms in total. The fraction of sp³-hybridized carbons (Fsp3) is 0.316. The van der Waals surface area contributed by atoms with Gasteiger partial charge in [0.25, 0.3) is 0 Å². The lowest BCUT2D eigenvalue weighted by Gasteiger charge is -2.35. The average Bonchev–Trinajstić information content (AvgIpc) is 3.08. The van der Waals surface area contributed by atoms with Crippen LogP contribution >= 0.6 is 0 Å². The summed E-state index contributed by atoms with van der Waals surface area (Å²) in [5.74, 6) is 3.06. The molecule has 26 heavy (non-hydrogen) atoms. The number of hydrogen-bond acceptors (Lipinski definition) is 7. The number of aromatic nitrogens is 3. The van der Waals surface area contributed by atoms with E-state index in [1.54, 1.807) is 6.33 Å². The molecule has 0 unspecified atom stereocenters. The van der Waals surface area contributed by atoms with Crippen molar-refractivity contribution in [2.75, 3.05) is 36.4 Å². The Kier molecular flexibility index (Phi) is 4.79. The maximum absolute atomic E-state index is 5.07. The molecule has 1 aromatic carbocycles. The third kappa shape index (κ3) is 4.00. The molecule has 1 fully saturated rings. The van der Waals surface area contributed by atoms with Gasteiger partial charge in [-0.25, -0.2) is 9.97 Å². The highest BCUT2D eigenvalue weighted by Crippen LogP contribution is 2.20.